The molecule has 3 rings (SSSR count). The Morgan fingerprint density at radius 2 is 1.61 bits per heavy atom. The van der Waals surface area contributed by atoms with Crippen molar-refractivity contribution in [2.24, 2.45) is 5.92 Å². The number of nitrogens with zero attached hydrogens (tertiary/aromatic N) is 1. The van der Waals surface area contributed by atoms with Gasteiger partial charge in [-0.15, -0.1) is 0 Å². The second-order valence-electron chi connectivity index (χ2n) is 9.85. The number of carbonyl (C=O) groups is 4. The van der Waals surface area contributed by atoms with Gasteiger partial charge in [0.1, 0.15) is 6.04 Å². The Labute approximate surface area is 239 Å². The minimum Gasteiger partial charge on any atom is -0.493 e. The van der Waals surface area contributed by atoms with Crippen LogP contribution in [0.5, 0.6) is 11.5 Å². The average Bonchev–Trinajstić information content (AvgIpc) is 2.98. The summed E-state index contributed by atoms with van der Waals surface area (Å²) in [4.78, 5) is 54.9. The van der Waals surface area contributed by atoms with Crippen LogP contribution in [0.2, 0.25) is 0 Å². The van der Waals surface area contributed by atoms with Gasteiger partial charge < -0.3 is 25.4 Å². The SMILES string of the molecule is COc1ccc(C(=O)N[C@@H](CC(C)C)C(=O)NCC(=O)CNC(=O)Cc2cccc(-c3ccccn3)c2)cc1OC. The second-order valence-corrected chi connectivity index (χ2v) is 9.85. The van der Waals surface area contributed by atoms with Gasteiger partial charge in [-0.3, -0.25) is 24.2 Å². The number of hydrogen-bond acceptors (Lipinski definition) is 7. The van der Waals surface area contributed by atoms with Gasteiger partial charge in [0, 0.05) is 17.3 Å². The Morgan fingerprint density at radius 1 is 0.854 bits per heavy atom. The molecule has 0 bridgehead atoms. The number of ether oxygens (including phenoxy) is 2. The van der Waals surface area contributed by atoms with E-state index in [1.807, 2.05) is 56.3 Å². The van der Waals surface area contributed by atoms with Crippen molar-refractivity contribution in [2.45, 2.75) is 32.7 Å². The lowest BCUT2D eigenvalue weighted by Gasteiger charge is -2.20. The Balaban J connectivity index is 1.50. The number of Topliss-reactive ketones (excluding diaryl/α,β-unsaturated/α-hetero) is 1. The van der Waals surface area contributed by atoms with E-state index >= 15 is 0 Å². The fraction of sp³-hybridized carbons (Fsp3) is 0.323. The van der Waals surface area contributed by atoms with Gasteiger partial charge in [-0.05, 0) is 54.3 Å². The van der Waals surface area contributed by atoms with Crippen molar-refractivity contribution in [3.63, 3.8) is 0 Å². The molecule has 0 aliphatic carbocycles. The number of hydrogen-bond donors (Lipinski definition) is 3. The van der Waals surface area contributed by atoms with E-state index in [0.717, 1.165) is 16.8 Å². The van der Waals surface area contributed by atoms with E-state index in [0.29, 0.717) is 23.5 Å². The van der Waals surface area contributed by atoms with Crippen molar-refractivity contribution in [1.29, 1.82) is 0 Å². The molecule has 0 fully saturated rings. The summed E-state index contributed by atoms with van der Waals surface area (Å²) in [5.74, 6) is -0.674. The van der Waals surface area contributed by atoms with E-state index in [2.05, 4.69) is 20.9 Å². The topological polar surface area (TPSA) is 136 Å². The fourth-order valence-corrected chi connectivity index (χ4v) is 4.11. The highest BCUT2D eigenvalue weighted by Crippen LogP contribution is 2.27. The van der Waals surface area contributed by atoms with Crippen LogP contribution in [0.3, 0.4) is 0 Å². The number of rotatable bonds is 14. The van der Waals surface area contributed by atoms with Crippen LogP contribution < -0.4 is 25.4 Å². The summed E-state index contributed by atoms with van der Waals surface area (Å²) in [6.07, 6.45) is 2.17. The number of methoxy groups -OCH3 is 2. The third-order valence-corrected chi connectivity index (χ3v) is 6.17. The van der Waals surface area contributed by atoms with Crippen LogP contribution >= 0.6 is 0 Å². The standard InChI is InChI=1S/C31H36N4O6/c1-20(2)14-26(35-30(38)23-11-12-27(40-3)28(17-23)41-4)31(39)34-19-24(36)18-33-29(37)16-21-8-7-9-22(15-21)25-10-5-6-13-32-25/h5-13,15,17,20,26H,14,16,18-19H2,1-4H3,(H,33,37)(H,34,39)(H,35,38)/t26-/m0/s1. The summed E-state index contributed by atoms with van der Waals surface area (Å²) >= 11 is 0. The van der Waals surface area contributed by atoms with Crippen LogP contribution in [-0.4, -0.2) is 61.8 Å². The predicted octanol–water partition coefficient (Wildman–Crippen LogP) is 2.95. The number of nitrogens with one attached hydrogen (secondary N) is 3. The van der Waals surface area contributed by atoms with Gasteiger partial charge >= 0.3 is 0 Å². The van der Waals surface area contributed by atoms with Crippen molar-refractivity contribution < 1.29 is 28.7 Å². The molecule has 0 saturated heterocycles. The van der Waals surface area contributed by atoms with E-state index in [9.17, 15) is 19.2 Å². The predicted molar refractivity (Wildman–Crippen MR) is 155 cm³/mol. The normalized spacial score (nSPS) is 11.3. The third-order valence-electron chi connectivity index (χ3n) is 6.17. The molecule has 1 aromatic heterocycles. The Bertz CT molecular complexity index is 1360. The molecular weight excluding hydrogens is 524 g/mol. The lowest BCUT2D eigenvalue weighted by molar-refractivity contribution is -0.127. The minimum absolute atomic E-state index is 0.0962. The maximum Gasteiger partial charge on any atom is 0.252 e. The van der Waals surface area contributed by atoms with E-state index in [4.69, 9.17) is 9.47 Å². The molecule has 41 heavy (non-hydrogen) atoms. The van der Waals surface area contributed by atoms with Crippen LogP contribution in [0.1, 0.15) is 36.2 Å². The van der Waals surface area contributed by atoms with Gasteiger partial charge in [0.2, 0.25) is 11.8 Å². The molecule has 3 N–H and O–H groups in total. The summed E-state index contributed by atoms with van der Waals surface area (Å²) in [7, 11) is 2.96. The van der Waals surface area contributed by atoms with Crippen molar-refractivity contribution in [2.75, 3.05) is 27.3 Å². The molecule has 0 unspecified atom stereocenters. The zero-order chi connectivity index (χ0) is 29.8. The highest BCUT2D eigenvalue weighted by molar-refractivity contribution is 5.99. The van der Waals surface area contributed by atoms with Crippen molar-refractivity contribution in [3.05, 3.63) is 78.0 Å². The molecule has 0 saturated carbocycles. The molecule has 10 nitrogen and oxygen atoms in total. The first-order chi connectivity index (χ1) is 19.7. The van der Waals surface area contributed by atoms with Crippen LogP contribution in [0, 0.1) is 5.92 Å². The van der Waals surface area contributed by atoms with E-state index in [1.54, 1.807) is 18.3 Å². The zero-order valence-corrected chi connectivity index (χ0v) is 23.7. The minimum atomic E-state index is -0.857. The first-order valence-electron chi connectivity index (χ1n) is 13.3. The summed E-state index contributed by atoms with van der Waals surface area (Å²) in [6, 6.07) is 16.9. The van der Waals surface area contributed by atoms with Crippen molar-refractivity contribution in [1.82, 2.24) is 20.9 Å². The van der Waals surface area contributed by atoms with Crippen molar-refractivity contribution >= 4 is 23.5 Å². The van der Waals surface area contributed by atoms with Gasteiger partial charge in [-0.2, -0.15) is 0 Å². The highest BCUT2D eigenvalue weighted by atomic mass is 16.5. The van der Waals surface area contributed by atoms with E-state index in [1.165, 1.54) is 20.3 Å². The van der Waals surface area contributed by atoms with Gasteiger partial charge in [-0.1, -0.05) is 38.1 Å². The van der Waals surface area contributed by atoms with Crippen LogP contribution in [0.4, 0.5) is 0 Å². The summed E-state index contributed by atoms with van der Waals surface area (Å²) in [5, 5.41) is 7.92. The number of aromatic nitrogens is 1. The number of pyridine rings is 1. The van der Waals surface area contributed by atoms with Gasteiger partial charge in [0.05, 0.1) is 39.4 Å². The van der Waals surface area contributed by atoms with Crippen molar-refractivity contribution in [3.8, 4) is 22.8 Å². The van der Waals surface area contributed by atoms with Crippen LogP contribution in [-0.2, 0) is 20.8 Å². The molecule has 0 radical (unpaired) electrons. The third kappa shape index (κ3) is 9.45. The monoisotopic (exact) mass is 560 g/mol. The molecule has 0 spiro atoms. The molecule has 3 aromatic rings. The molecule has 2 aromatic carbocycles. The first kappa shape index (κ1) is 30.8. The smallest absolute Gasteiger partial charge is 0.252 e. The lowest BCUT2D eigenvalue weighted by Crippen LogP contribution is -2.49. The lowest BCUT2D eigenvalue weighted by atomic mass is 10.0. The zero-order valence-electron chi connectivity index (χ0n) is 23.7. The molecular formula is C31H36N4O6. The van der Waals surface area contributed by atoms with E-state index < -0.39 is 17.9 Å². The Hall–Kier alpha value is -4.73. The molecule has 0 aliphatic rings. The van der Waals surface area contributed by atoms with Gasteiger partial charge in [0.25, 0.3) is 5.91 Å². The average molecular weight is 561 g/mol. The molecule has 0 aliphatic heterocycles. The molecule has 216 valence electrons. The largest absolute Gasteiger partial charge is 0.493 e. The summed E-state index contributed by atoms with van der Waals surface area (Å²) < 4.78 is 10.5. The number of ketones is 1. The molecule has 3 amide bonds. The summed E-state index contributed by atoms with van der Waals surface area (Å²) in [6.45, 7) is 3.34. The fourth-order valence-electron chi connectivity index (χ4n) is 4.11. The highest BCUT2D eigenvalue weighted by Gasteiger charge is 2.23. The van der Waals surface area contributed by atoms with E-state index in [-0.39, 0.29) is 37.1 Å². The van der Waals surface area contributed by atoms with Crippen LogP contribution in [0.15, 0.2) is 66.9 Å². The number of amides is 3. The summed E-state index contributed by atoms with van der Waals surface area (Å²) in [5.41, 5.74) is 2.78. The van der Waals surface area contributed by atoms with Gasteiger partial charge in [0.15, 0.2) is 17.3 Å². The number of benzene rings is 2. The maximum atomic E-state index is 12.9. The quantitative estimate of drug-likeness (QED) is 0.276. The maximum absolute atomic E-state index is 12.9. The van der Waals surface area contributed by atoms with Crippen LogP contribution in [0.25, 0.3) is 11.3 Å². The second kappa shape index (κ2) is 15.2. The first-order valence-corrected chi connectivity index (χ1v) is 13.3. The molecule has 10 heteroatoms. The molecule has 1 heterocycles. The Morgan fingerprint density at radius 3 is 2.29 bits per heavy atom. The number of carbonyl (C=O) groups excluding carboxylic acids is 4. The van der Waals surface area contributed by atoms with Gasteiger partial charge in [-0.25, -0.2) is 0 Å². The molecule has 1 atom stereocenters. The Kier molecular flexibility index (Phi) is 11.4.